The fourth-order valence-corrected chi connectivity index (χ4v) is 0.877. The number of rotatable bonds is 6. The van der Waals surface area contributed by atoms with Gasteiger partial charge in [-0.05, 0) is 13.3 Å². The van der Waals surface area contributed by atoms with E-state index in [0.717, 1.165) is 0 Å². The van der Waals surface area contributed by atoms with Crippen LogP contribution < -0.4 is 5.32 Å². The third-order valence-electron chi connectivity index (χ3n) is 1.74. The van der Waals surface area contributed by atoms with Crippen LogP contribution in [0.3, 0.4) is 0 Å². The number of amides is 1. The summed E-state index contributed by atoms with van der Waals surface area (Å²) in [5.74, 6) is -2.02. The second kappa shape index (κ2) is 6.12. The van der Waals surface area contributed by atoms with Gasteiger partial charge in [0.15, 0.2) is 0 Å². The Labute approximate surface area is 82.5 Å². The summed E-state index contributed by atoms with van der Waals surface area (Å²) in [4.78, 5) is 32.1. The van der Waals surface area contributed by atoms with Crippen molar-refractivity contribution in [1.29, 1.82) is 0 Å². The molecule has 1 amide bonds. The summed E-state index contributed by atoms with van der Waals surface area (Å²) in [6.07, 6.45) is 0.483. The van der Waals surface area contributed by atoms with Gasteiger partial charge in [-0.25, -0.2) is 0 Å². The van der Waals surface area contributed by atoms with Gasteiger partial charge in [0.1, 0.15) is 0 Å². The Bertz CT molecular complexity index is 237. The van der Waals surface area contributed by atoms with E-state index in [0.29, 0.717) is 6.42 Å². The molecule has 0 unspecified atom stereocenters. The number of nitrogens with one attached hydrogen (secondary N) is 1. The SMILES string of the molecule is CCC(=O)C(=O)N[C@@H](C)CCC(=O)O. The van der Waals surface area contributed by atoms with Crippen LogP contribution in [0.2, 0.25) is 0 Å². The van der Waals surface area contributed by atoms with Crippen molar-refractivity contribution in [3.8, 4) is 0 Å². The third-order valence-corrected chi connectivity index (χ3v) is 1.74. The Morgan fingerprint density at radius 1 is 1.36 bits per heavy atom. The average Bonchev–Trinajstić information content (AvgIpc) is 2.13. The zero-order chi connectivity index (χ0) is 11.1. The molecular formula is C9H15NO4. The fraction of sp³-hybridized carbons (Fsp3) is 0.667. The van der Waals surface area contributed by atoms with E-state index in [1.807, 2.05) is 0 Å². The first-order valence-corrected chi connectivity index (χ1v) is 4.52. The molecule has 0 radical (unpaired) electrons. The smallest absolute Gasteiger partial charge is 0.303 e. The Hall–Kier alpha value is -1.39. The Kier molecular flexibility index (Phi) is 5.52. The molecule has 14 heavy (non-hydrogen) atoms. The van der Waals surface area contributed by atoms with E-state index in [-0.39, 0.29) is 18.9 Å². The maximum atomic E-state index is 11.0. The summed E-state index contributed by atoms with van der Waals surface area (Å²) in [6.45, 7) is 3.27. The molecule has 0 aromatic rings. The van der Waals surface area contributed by atoms with Crippen molar-refractivity contribution in [3.05, 3.63) is 0 Å². The minimum atomic E-state index is -0.909. The number of carbonyl (C=O) groups is 3. The molecule has 5 heteroatoms. The average molecular weight is 201 g/mol. The molecule has 0 saturated heterocycles. The standard InChI is InChI=1S/C9H15NO4/c1-3-7(11)9(14)10-6(2)4-5-8(12)13/h6H,3-5H2,1-2H3,(H,10,14)(H,12,13)/t6-/m0/s1. The Balaban J connectivity index is 3.82. The van der Waals surface area contributed by atoms with E-state index in [2.05, 4.69) is 5.32 Å². The highest BCUT2D eigenvalue weighted by Gasteiger charge is 2.14. The summed E-state index contributed by atoms with van der Waals surface area (Å²) in [5.41, 5.74) is 0. The van der Waals surface area contributed by atoms with Gasteiger partial charge in [-0.15, -0.1) is 0 Å². The second-order valence-corrected chi connectivity index (χ2v) is 3.08. The van der Waals surface area contributed by atoms with Crippen LogP contribution in [0.25, 0.3) is 0 Å². The minimum Gasteiger partial charge on any atom is -0.481 e. The zero-order valence-corrected chi connectivity index (χ0v) is 8.37. The van der Waals surface area contributed by atoms with Crippen LogP contribution in [0.1, 0.15) is 33.1 Å². The Morgan fingerprint density at radius 3 is 2.36 bits per heavy atom. The van der Waals surface area contributed by atoms with Crippen molar-refractivity contribution in [2.24, 2.45) is 0 Å². The van der Waals surface area contributed by atoms with Crippen LogP contribution in [-0.2, 0) is 14.4 Å². The molecule has 0 saturated carbocycles. The van der Waals surface area contributed by atoms with E-state index in [9.17, 15) is 14.4 Å². The van der Waals surface area contributed by atoms with Crippen molar-refractivity contribution in [3.63, 3.8) is 0 Å². The van der Waals surface area contributed by atoms with E-state index >= 15 is 0 Å². The van der Waals surface area contributed by atoms with Gasteiger partial charge in [0.05, 0.1) is 0 Å². The number of hydrogen-bond donors (Lipinski definition) is 2. The monoisotopic (exact) mass is 201 g/mol. The third kappa shape index (κ3) is 5.29. The van der Waals surface area contributed by atoms with Crippen molar-refractivity contribution < 1.29 is 19.5 Å². The van der Waals surface area contributed by atoms with E-state index in [1.165, 1.54) is 0 Å². The van der Waals surface area contributed by atoms with Gasteiger partial charge in [-0.2, -0.15) is 0 Å². The summed E-state index contributed by atoms with van der Waals surface area (Å²) >= 11 is 0. The van der Waals surface area contributed by atoms with Gasteiger partial charge < -0.3 is 10.4 Å². The second-order valence-electron chi connectivity index (χ2n) is 3.08. The molecule has 0 aliphatic rings. The van der Waals surface area contributed by atoms with Crippen LogP contribution in [0.4, 0.5) is 0 Å². The number of carboxylic acids is 1. The van der Waals surface area contributed by atoms with E-state index < -0.39 is 17.7 Å². The van der Waals surface area contributed by atoms with Gasteiger partial charge in [0.25, 0.3) is 5.91 Å². The lowest BCUT2D eigenvalue weighted by Crippen LogP contribution is -2.37. The summed E-state index contributed by atoms with van der Waals surface area (Å²) in [5, 5.41) is 10.8. The normalized spacial score (nSPS) is 11.9. The number of hydrogen-bond acceptors (Lipinski definition) is 3. The van der Waals surface area contributed by atoms with Gasteiger partial charge in [-0.1, -0.05) is 6.92 Å². The lowest BCUT2D eigenvalue weighted by Gasteiger charge is -2.11. The summed E-state index contributed by atoms with van der Waals surface area (Å²) in [6, 6.07) is -0.283. The van der Waals surface area contributed by atoms with Gasteiger partial charge in [0.2, 0.25) is 5.78 Å². The first kappa shape index (κ1) is 12.6. The number of aliphatic carboxylic acids is 1. The molecular weight excluding hydrogens is 186 g/mol. The van der Waals surface area contributed by atoms with Crippen molar-refractivity contribution in [2.45, 2.75) is 39.2 Å². The molecule has 0 heterocycles. The maximum Gasteiger partial charge on any atom is 0.303 e. The topological polar surface area (TPSA) is 83.5 Å². The van der Waals surface area contributed by atoms with Gasteiger partial charge in [-0.3, -0.25) is 14.4 Å². The van der Waals surface area contributed by atoms with Crippen molar-refractivity contribution in [1.82, 2.24) is 5.32 Å². The molecule has 0 fully saturated rings. The van der Waals surface area contributed by atoms with Crippen LogP contribution in [0, 0.1) is 0 Å². The van der Waals surface area contributed by atoms with Gasteiger partial charge in [0, 0.05) is 18.9 Å². The maximum absolute atomic E-state index is 11.0. The number of carbonyl (C=O) groups excluding carboxylic acids is 2. The largest absolute Gasteiger partial charge is 0.481 e. The first-order chi connectivity index (χ1) is 6.47. The zero-order valence-electron chi connectivity index (χ0n) is 8.37. The van der Waals surface area contributed by atoms with Crippen LogP contribution >= 0.6 is 0 Å². The van der Waals surface area contributed by atoms with Crippen molar-refractivity contribution >= 4 is 17.7 Å². The molecule has 0 aliphatic heterocycles. The first-order valence-electron chi connectivity index (χ1n) is 4.52. The van der Waals surface area contributed by atoms with Crippen LogP contribution in [0.15, 0.2) is 0 Å². The predicted octanol–water partition coefficient (Wildman–Crippen LogP) is 0.335. The number of ketones is 1. The lowest BCUT2D eigenvalue weighted by molar-refractivity contribution is -0.138. The van der Waals surface area contributed by atoms with Crippen LogP contribution in [-0.4, -0.2) is 28.8 Å². The Morgan fingerprint density at radius 2 is 1.93 bits per heavy atom. The molecule has 2 N–H and O–H groups in total. The molecule has 0 aromatic heterocycles. The highest BCUT2D eigenvalue weighted by molar-refractivity contribution is 6.36. The van der Waals surface area contributed by atoms with Crippen LogP contribution in [0.5, 0.6) is 0 Å². The lowest BCUT2D eigenvalue weighted by atomic mass is 10.1. The molecule has 0 aliphatic carbocycles. The summed E-state index contributed by atoms with van der Waals surface area (Å²) < 4.78 is 0. The van der Waals surface area contributed by atoms with E-state index in [1.54, 1.807) is 13.8 Å². The quantitative estimate of drug-likeness (QED) is 0.607. The molecule has 5 nitrogen and oxygen atoms in total. The highest BCUT2D eigenvalue weighted by atomic mass is 16.4. The molecule has 0 spiro atoms. The van der Waals surface area contributed by atoms with E-state index in [4.69, 9.17) is 5.11 Å². The van der Waals surface area contributed by atoms with Gasteiger partial charge >= 0.3 is 5.97 Å². The minimum absolute atomic E-state index is 0.0121. The fourth-order valence-electron chi connectivity index (χ4n) is 0.877. The molecule has 80 valence electrons. The molecule has 0 aromatic carbocycles. The number of Topliss-reactive ketones (excluding diaryl/α,β-unsaturated/α-hetero) is 1. The molecule has 0 bridgehead atoms. The molecule has 1 atom stereocenters. The number of carboxylic acid groups (broad SMARTS) is 1. The summed E-state index contributed by atoms with van der Waals surface area (Å²) in [7, 11) is 0. The van der Waals surface area contributed by atoms with Crippen molar-refractivity contribution in [2.75, 3.05) is 0 Å². The predicted molar refractivity (Wildman–Crippen MR) is 49.8 cm³/mol. The highest BCUT2D eigenvalue weighted by Crippen LogP contribution is 1.96. The molecule has 0 rings (SSSR count).